The molecule has 1 aliphatic rings. The quantitative estimate of drug-likeness (QED) is 0.730. The van der Waals surface area contributed by atoms with Crippen molar-refractivity contribution in [1.29, 1.82) is 0 Å². The van der Waals surface area contributed by atoms with Crippen LogP contribution in [0, 0.1) is 5.92 Å². The zero-order valence-electron chi connectivity index (χ0n) is 12.6. The van der Waals surface area contributed by atoms with Crippen LogP contribution in [0.1, 0.15) is 70.3 Å². The van der Waals surface area contributed by atoms with Crippen molar-refractivity contribution < 1.29 is 0 Å². The molecular weight excluding hydrogens is 232 g/mol. The summed E-state index contributed by atoms with van der Waals surface area (Å²) in [6.45, 7) is 6.73. The Kier molecular flexibility index (Phi) is 5.12. The molecule has 2 nitrogen and oxygen atoms in total. The van der Waals surface area contributed by atoms with E-state index in [1.54, 1.807) is 0 Å². The third-order valence-electron chi connectivity index (χ3n) is 4.26. The molecule has 0 radical (unpaired) electrons. The molecule has 0 unspecified atom stereocenters. The second kappa shape index (κ2) is 6.83. The Morgan fingerprint density at radius 3 is 2.79 bits per heavy atom. The summed E-state index contributed by atoms with van der Waals surface area (Å²) in [5.41, 5.74) is 4.05. The standard InChI is InChI=1S/C17H28N2/c1-4-6-7-14(5-2)12-15-9-11-17(19-15)16-10-8-13(3)18-16/h8-9,11,14,16,18-19H,4-7,10,12H2,1-3H3/t14-,16+/m0/s1. The number of hydrogen-bond acceptors (Lipinski definition) is 1. The summed E-state index contributed by atoms with van der Waals surface area (Å²) in [7, 11) is 0. The molecule has 0 aromatic carbocycles. The van der Waals surface area contributed by atoms with Gasteiger partial charge >= 0.3 is 0 Å². The summed E-state index contributed by atoms with van der Waals surface area (Å²) in [5, 5.41) is 3.51. The van der Waals surface area contributed by atoms with Crippen LogP contribution in [0.25, 0.3) is 0 Å². The van der Waals surface area contributed by atoms with E-state index in [0.29, 0.717) is 6.04 Å². The highest BCUT2D eigenvalue weighted by molar-refractivity contribution is 5.22. The van der Waals surface area contributed by atoms with Crippen molar-refractivity contribution in [3.63, 3.8) is 0 Å². The number of allylic oxidation sites excluding steroid dienone is 1. The maximum atomic E-state index is 3.62. The van der Waals surface area contributed by atoms with E-state index in [1.165, 1.54) is 49.2 Å². The molecule has 2 N–H and O–H groups in total. The van der Waals surface area contributed by atoms with Crippen molar-refractivity contribution in [1.82, 2.24) is 10.3 Å². The number of hydrogen-bond donors (Lipinski definition) is 2. The first-order valence-electron chi connectivity index (χ1n) is 7.84. The van der Waals surface area contributed by atoms with Crippen molar-refractivity contribution in [3.05, 3.63) is 35.3 Å². The van der Waals surface area contributed by atoms with Gasteiger partial charge in [-0.2, -0.15) is 0 Å². The molecule has 1 aliphatic heterocycles. The molecule has 0 spiro atoms. The van der Waals surface area contributed by atoms with Gasteiger partial charge in [0.05, 0.1) is 6.04 Å². The molecule has 0 saturated heterocycles. The van der Waals surface area contributed by atoms with Crippen molar-refractivity contribution in [3.8, 4) is 0 Å². The summed E-state index contributed by atoms with van der Waals surface area (Å²) in [5.74, 6) is 0.836. The predicted octanol–water partition coefficient (Wildman–Crippen LogP) is 4.71. The molecule has 2 atom stereocenters. The van der Waals surface area contributed by atoms with Crippen molar-refractivity contribution in [2.24, 2.45) is 5.92 Å². The van der Waals surface area contributed by atoms with E-state index in [4.69, 9.17) is 0 Å². The van der Waals surface area contributed by atoms with Crippen molar-refractivity contribution >= 4 is 0 Å². The van der Waals surface area contributed by atoms with Gasteiger partial charge in [0, 0.05) is 17.1 Å². The fourth-order valence-electron chi connectivity index (χ4n) is 2.93. The van der Waals surface area contributed by atoms with E-state index < -0.39 is 0 Å². The molecule has 2 heterocycles. The first-order chi connectivity index (χ1) is 9.22. The van der Waals surface area contributed by atoms with Gasteiger partial charge in [0.2, 0.25) is 0 Å². The van der Waals surface area contributed by atoms with E-state index in [9.17, 15) is 0 Å². The van der Waals surface area contributed by atoms with E-state index in [0.717, 1.165) is 12.3 Å². The fraction of sp³-hybridized carbons (Fsp3) is 0.647. The highest BCUT2D eigenvalue weighted by Crippen LogP contribution is 2.25. The lowest BCUT2D eigenvalue weighted by molar-refractivity contribution is 0.445. The third-order valence-corrected chi connectivity index (χ3v) is 4.26. The molecule has 106 valence electrons. The van der Waals surface area contributed by atoms with Gasteiger partial charge in [0.15, 0.2) is 0 Å². The molecule has 2 heteroatoms. The van der Waals surface area contributed by atoms with Crippen LogP contribution in [-0.2, 0) is 6.42 Å². The minimum absolute atomic E-state index is 0.462. The van der Waals surface area contributed by atoms with Crippen LogP contribution >= 0.6 is 0 Å². The minimum Gasteiger partial charge on any atom is -0.380 e. The lowest BCUT2D eigenvalue weighted by Gasteiger charge is -2.14. The number of unbranched alkanes of at least 4 members (excludes halogenated alkanes) is 1. The second-order valence-corrected chi connectivity index (χ2v) is 5.88. The number of aromatic amines is 1. The average Bonchev–Trinajstić information content (AvgIpc) is 3.03. The highest BCUT2D eigenvalue weighted by atomic mass is 15.0. The van der Waals surface area contributed by atoms with E-state index in [-0.39, 0.29) is 0 Å². The largest absolute Gasteiger partial charge is 0.380 e. The highest BCUT2D eigenvalue weighted by Gasteiger charge is 2.17. The van der Waals surface area contributed by atoms with Crippen LogP contribution in [0.4, 0.5) is 0 Å². The van der Waals surface area contributed by atoms with Gasteiger partial charge in [0.25, 0.3) is 0 Å². The average molecular weight is 260 g/mol. The minimum atomic E-state index is 0.462. The first-order valence-corrected chi connectivity index (χ1v) is 7.84. The van der Waals surface area contributed by atoms with E-state index in [1.807, 2.05) is 0 Å². The summed E-state index contributed by atoms with van der Waals surface area (Å²) < 4.78 is 0. The topological polar surface area (TPSA) is 27.8 Å². The smallest absolute Gasteiger partial charge is 0.0695 e. The van der Waals surface area contributed by atoms with E-state index >= 15 is 0 Å². The Balaban J connectivity index is 1.89. The van der Waals surface area contributed by atoms with Gasteiger partial charge in [-0.1, -0.05) is 45.6 Å². The van der Waals surface area contributed by atoms with Gasteiger partial charge in [-0.15, -0.1) is 0 Å². The van der Waals surface area contributed by atoms with Crippen LogP contribution in [-0.4, -0.2) is 4.98 Å². The Bertz CT molecular complexity index is 417. The maximum absolute atomic E-state index is 3.62. The fourth-order valence-corrected chi connectivity index (χ4v) is 2.93. The second-order valence-electron chi connectivity index (χ2n) is 5.88. The molecule has 1 aromatic heterocycles. The SMILES string of the molecule is CCCC[C@H](CC)Cc1ccc([C@H]2CC=C(C)N2)[nH]1. The predicted molar refractivity (Wildman–Crippen MR) is 82.1 cm³/mol. The molecule has 19 heavy (non-hydrogen) atoms. The monoisotopic (exact) mass is 260 g/mol. The van der Waals surface area contributed by atoms with Crippen LogP contribution < -0.4 is 5.32 Å². The number of aromatic nitrogens is 1. The summed E-state index contributed by atoms with van der Waals surface area (Å²) in [4.78, 5) is 3.62. The van der Waals surface area contributed by atoms with Gasteiger partial charge in [-0.25, -0.2) is 0 Å². The lowest BCUT2D eigenvalue weighted by atomic mass is 9.94. The van der Waals surface area contributed by atoms with Crippen LogP contribution in [0.2, 0.25) is 0 Å². The summed E-state index contributed by atoms with van der Waals surface area (Å²) >= 11 is 0. The van der Waals surface area contributed by atoms with Crippen molar-refractivity contribution in [2.75, 3.05) is 0 Å². The number of rotatable bonds is 7. The van der Waals surface area contributed by atoms with E-state index in [2.05, 4.69) is 49.3 Å². The van der Waals surface area contributed by atoms with Gasteiger partial charge in [0.1, 0.15) is 0 Å². The summed E-state index contributed by atoms with van der Waals surface area (Å²) in [6, 6.07) is 5.00. The molecule has 0 amide bonds. The van der Waals surface area contributed by atoms with Gasteiger partial charge < -0.3 is 10.3 Å². The zero-order valence-corrected chi connectivity index (χ0v) is 12.6. The molecule has 1 aromatic rings. The third kappa shape index (κ3) is 3.89. The Labute approximate surface area is 117 Å². The Morgan fingerprint density at radius 1 is 1.32 bits per heavy atom. The molecular formula is C17H28N2. The molecule has 2 rings (SSSR count). The van der Waals surface area contributed by atoms with Crippen LogP contribution in [0.3, 0.4) is 0 Å². The number of H-pyrrole nitrogens is 1. The Hall–Kier alpha value is -1.18. The molecule has 0 aliphatic carbocycles. The number of nitrogens with one attached hydrogen (secondary N) is 2. The normalized spacial score (nSPS) is 20.2. The van der Waals surface area contributed by atoms with Gasteiger partial charge in [-0.05, 0) is 37.8 Å². The molecule has 0 bridgehead atoms. The lowest BCUT2D eigenvalue weighted by Crippen LogP contribution is -2.13. The van der Waals surface area contributed by atoms with Crippen molar-refractivity contribution in [2.45, 2.75) is 65.3 Å². The first kappa shape index (κ1) is 14.2. The zero-order chi connectivity index (χ0) is 13.7. The van der Waals surface area contributed by atoms with Gasteiger partial charge in [-0.3, -0.25) is 0 Å². The maximum Gasteiger partial charge on any atom is 0.0695 e. The summed E-state index contributed by atoms with van der Waals surface area (Å²) in [6.07, 6.45) is 9.92. The molecule has 0 saturated carbocycles. The Morgan fingerprint density at radius 2 is 2.16 bits per heavy atom. The van der Waals surface area contributed by atoms with Crippen LogP contribution in [0.5, 0.6) is 0 Å². The van der Waals surface area contributed by atoms with Crippen LogP contribution in [0.15, 0.2) is 23.9 Å². The molecule has 0 fully saturated rings.